The van der Waals surface area contributed by atoms with Crippen LogP contribution in [0.1, 0.15) is 15.2 Å². The van der Waals surface area contributed by atoms with E-state index in [1.807, 2.05) is 0 Å². The third-order valence-electron chi connectivity index (χ3n) is 2.97. The normalized spacial score (nSPS) is 10.9. The van der Waals surface area contributed by atoms with Crippen LogP contribution in [0.5, 0.6) is 0 Å². The second-order valence-electron chi connectivity index (χ2n) is 4.90. The van der Waals surface area contributed by atoms with Crippen LogP contribution in [0.4, 0.5) is 17.6 Å². The summed E-state index contributed by atoms with van der Waals surface area (Å²) in [7, 11) is 0. The largest absolute Gasteiger partial charge is 0.425 e. The lowest BCUT2D eigenvalue weighted by Gasteiger charge is -2.01. The van der Waals surface area contributed by atoms with Crippen molar-refractivity contribution in [1.82, 2.24) is 15.5 Å². The summed E-state index contributed by atoms with van der Waals surface area (Å²) in [5.74, 6) is -0.516. The number of amides is 1. The maximum Gasteiger partial charge on any atom is 0.425 e. The molecule has 0 saturated heterocycles. The van der Waals surface area contributed by atoms with Crippen molar-refractivity contribution in [2.75, 3.05) is 13.2 Å². The van der Waals surface area contributed by atoms with Crippen molar-refractivity contribution in [3.8, 4) is 10.7 Å². The second-order valence-corrected chi connectivity index (χ2v) is 5.99. The number of benzene rings is 1. The number of aliphatic hydroxyl groups excluding tert-OH is 1. The molecular weight excluding hydrogens is 390 g/mol. The highest BCUT2D eigenvalue weighted by Gasteiger charge is 2.32. The highest BCUT2D eigenvalue weighted by Crippen LogP contribution is 2.37. The maximum absolute atomic E-state index is 12.4. The molecule has 2 N–H and O–H groups in total. The molecule has 27 heavy (non-hydrogen) atoms. The van der Waals surface area contributed by atoms with E-state index in [1.54, 1.807) is 0 Å². The molecular formula is C16H13F4N3O3S. The van der Waals surface area contributed by atoms with Crippen LogP contribution in [0.3, 0.4) is 0 Å². The van der Waals surface area contributed by atoms with Crippen LogP contribution in [0.2, 0.25) is 0 Å². The van der Waals surface area contributed by atoms with Gasteiger partial charge in [0.1, 0.15) is 10.7 Å². The molecule has 2 heterocycles. The van der Waals surface area contributed by atoms with Gasteiger partial charge in [0.25, 0.3) is 5.91 Å². The molecule has 1 aromatic carbocycles. The Morgan fingerprint density at radius 1 is 1.19 bits per heavy atom. The van der Waals surface area contributed by atoms with E-state index in [9.17, 15) is 22.4 Å². The van der Waals surface area contributed by atoms with Crippen LogP contribution in [-0.4, -0.2) is 34.3 Å². The van der Waals surface area contributed by atoms with Crippen LogP contribution in [0.25, 0.3) is 10.7 Å². The number of halogens is 4. The fourth-order valence-corrected chi connectivity index (χ4v) is 2.57. The maximum atomic E-state index is 12.4. The number of hydrogen-bond acceptors (Lipinski definition) is 6. The topological polar surface area (TPSA) is 88.2 Å². The third-order valence-corrected chi connectivity index (χ3v) is 4.10. The molecule has 0 aliphatic carbocycles. The first kappa shape index (κ1) is 20.5. The van der Waals surface area contributed by atoms with E-state index in [0.717, 1.165) is 12.5 Å². The molecule has 0 fully saturated rings. The number of aliphatic hydroxyl groups is 1. The van der Waals surface area contributed by atoms with Gasteiger partial charge in [-0.05, 0) is 36.4 Å². The lowest BCUT2D eigenvalue weighted by atomic mass is 10.2. The third kappa shape index (κ3) is 6.15. The predicted octanol–water partition coefficient (Wildman–Crippen LogP) is 3.36. The average molecular weight is 403 g/mol. The zero-order valence-corrected chi connectivity index (χ0v) is 14.4. The zero-order chi connectivity index (χ0) is 19.9. The minimum Gasteiger partial charge on any atom is -0.395 e. The van der Waals surface area contributed by atoms with Crippen LogP contribution >= 0.6 is 11.3 Å². The van der Waals surface area contributed by atoms with Gasteiger partial charge in [0.2, 0.25) is 12.2 Å². The number of thiophene rings is 1. The molecule has 144 valence electrons. The van der Waals surface area contributed by atoms with Crippen molar-refractivity contribution in [3.05, 3.63) is 59.0 Å². The van der Waals surface area contributed by atoms with Gasteiger partial charge in [-0.1, -0.05) is 5.16 Å². The number of aromatic nitrogens is 2. The number of carbonyl (C=O) groups is 1. The van der Waals surface area contributed by atoms with Gasteiger partial charge in [-0.2, -0.15) is 18.2 Å². The molecule has 1 amide bonds. The molecule has 2 aromatic heterocycles. The molecule has 0 radical (unpaired) electrons. The van der Waals surface area contributed by atoms with E-state index < -0.39 is 11.1 Å². The number of alkyl halides is 3. The van der Waals surface area contributed by atoms with E-state index in [2.05, 4.69) is 20.0 Å². The average Bonchev–Trinajstić information content (AvgIpc) is 3.31. The van der Waals surface area contributed by atoms with Gasteiger partial charge in [0.05, 0.1) is 11.5 Å². The van der Waals surface area contributed by atoms with Crippen LogP contribution in [-0.2, 0) is 6.18 Å². The van der Waals surface area contributed by atoms with Crippen molar-refractivity contribution in [1.29, 1.82) is 0 Å². The second kappa shape index (κ2) is 9.24. The summed E-state index contributed by atoms with van der Waals surface area (Å²) in [5, 5.41) is 14.3. The number of nitrogens with one attached hydrogen (secondary N) is 1. The van der Waals surface area contributed by atoms with Gasteiger partial charge >= 0.3 is 6.18 Å². The molecule has 0 bridgehead atoms. The molecule has 3 rings (SSSR count). The van der Waals surface area contributed by atoms with E-state index in [4.69, 9.17) is 5.11 Å². The Balaban J connectivity index is 0.000000194. The Kier molecular flexibility index (Phi) is 7.02. The zero-order valence-electron chi connectivity index (χ0n) is 13.5. The Morgan fingerprint density at radius 3 is 2.41 bits per heavy atom. The summed E-state index contributed by atoms with van der Waals surface area (Å²) in [5.41, 5.74) is 0.384. The lowest BCUT2D eigenvalue weighted by molar-refractivity contribution is -0.134. The molecule has 0 aliphatic heterocycles. The Morgan fingerprint density at radius 2 is 1.89 bits per heavy atom. The van der Waals surface area contributed by atoms with E-state index in [1.165, 1.54) is 30.3 Å². The van der Waals surface area contributed by atoms with Gasteiger partial charge in [0, 0.05) is 12.1 Å². The van der Waals surface area contributed by atoms with Crippen LogP contribution in [0.15, 0.2) is 47.3 Å². The summed E-state index contributed by atoms with van der Waals surface area (Å²) in [6.45, 7) is 0.100. The Bertz CT molecular complexity index is 849. The first-order valence-electron chi connectivity index (χ1n) is 7.39. The predicted molar refractivity (Wildman–Crippen MR) is 88.4 cm³/mol. The standard InChI is InChI=1S/C9H10FNO2.C7H3F3N2OS/c10-8-3-1-7(2-4-8)9(13)11-5-6-12;8-7(9,10)5-2-1-4(14-5)6-11-3-13-12-6/h1-4,12H,5-6H2,(H,11,13);1-3H. The van der Waals surface area contributed by atoms with Crippen molar-refractivity contribution in [3.63, 3.8) is 0 Å². The molecule has 0 unspecified atom stereocenters. The fourth-order valence-electron chi connectivity index (χ4n) is 1.76. The number of nitrogens with zero attached hydrogens (tertiary/aromatic N) is 2. The first-order valence-corrected chi connectivity index (χ1v) is 8.21. The Hall–Kier alpha value is -2.79. The summed E-state index contributed by atoms with van der Waals surface area (Å²) < 4.78 is 53.4. The molecule has 0 saturated carbocycles. The van der Waals surface area contributed by atoms with Gasteiger partial charge in [0.15, 0.2) is 0 Å². The van der Waals surface area contributed by atoms with Gasteiger partial charge in [-0.3, -0.25) is 4.79 Å². The van der Waals surface area contributed by atoms with E-state index >= 15 is 0 Å². The smallest absolute Gasteiger partial charge is 0.395 e. The molecule has 11 heteroatoms. The molecule has 0 spiro atoms. The van der Waals surface area contributed by atoms with Crippen LogP contribution in [0, 0.1) is 5.82 Å². The summed E-state index contributed by atoms with van der Waals surface area (Å²) in [6, 6.07) is 7.53. The fraction of sp³-hybridized carbons (Fsp3) is 0.188. The van der Waals surface area contributed by atoms with Gasteiger partial charge in [-0.25, -0.2) is 4.39 Å². The SMILES string of the molecule is FC(F)(F)c1ccc(-c2ncon2)s1.O=C(NCCO)c1ccc(F)cc1. The van der Waals surface area contributed by atoms with Crippen LogP contribution < -0.4 is 5.32 Å². The van der Waals surface area contributed by atoms with Gasteiger partial charge in [-0.15, -0.1) is 11.3 Å². The van der Waals surface area contributed by atoms with E-state index in [0.29, 0.717) is 21.8 Å². The number of rotatable bonds is 4. The first-order chi connectivity index (χ1) is 12.8. The summed E-state index contributed by atoms with van der Waals surface area (Å²) in [6.07, 6.45) is -3.24. The van der Waals surface area contributed by atoms with Crippen molar-refractivity contribution in [2.24, 2.45) is 0 Å². The quantitative estimate of drug-likeness (QED) is 0.652. The van der Waals surface area contributed by atoms with Crippen molar-refractivity contribution < 1.29 is 32.0 Å². The molecule has 0 atom stereocenters. The number of hydrogen-bond donors (Lipinski definition) is 2. The highest BCUT2D eigenvalue weighted by molar-refractivity contribution is 7.15. The summed E-state index contributed by atoms with van der Waals surface area (Å²) in [4.78, 5) is 14.5. The van der Waals surface area contributed by atoms with Crippen molar-refractivity contribution in [2.45, 2.75) is 6.18 Å². The summed E-state index contributed by atoms with van der Waals surface area (Å²) >= 11 is 0.588. The molecule has 6 nitrogen and oxygen atoms in total. The minimum absolute atomic E-state index is 0.104. The highest BCUT2D eigenvalue weighted by atomic mass is 32.1. The monoisotopic (exact) mass is 403 g/mol. The molecule has 3 aromatic rings. The van der Waals surface area contributed by atoms with E-state index in [-0.39, 0.29) is 30.7 Å². The Labute approximate surface area is 154 Å². The van der Waals surface area contributed by atoms with Crippen molar-refractivity contribution >= 4 is 17.2 Å². The number of carbonyl (C=O) groups excluding carboxylic acids is 1. The minimum atomic E-state index is -4.31. The molecule has 0 aliphatic rings. The van der Waals surface area contributed by atoms with Gasteiger partial charge < -0.3 is 14.9 Å². The lowest BCUT2D eigenvalue weighted by Crippen LogP contribution is -2.26.